The van der Waals surface area contributed by atoms with Gasteiger partial charge in [0.25, 0.3) is 5.56 Å². The lowest BCUT2D eigenvalue weighted by molar-refractivity contribution is 0.919. The summed E-state index contributed by atoms with van der Waals surface area (Å²) in [5.74, 6) is 0. The first-order valence-electron chi connectivity index (χ1n) is 6.59. The third-order valence-electron chi connectivity index (χ3n) is 3.48. The van der Waals surface area contributed by atoms with Gasteiger partial charge in [-0.2, -0.15) is 9.61 Å². The maximum absolute atomic E-state index is 12.5. The van der Waals surface area contributed by atoms with Gasteiger partial charge in [0.05, 0.1) is 10.9 Å². The van der Waals surface area contributed by atoms with E-state index in [0.717, 1.165) is 16.1 Å². The molecule has 0 atom stereocenters. The van der Waals surface area contributed by atoms with E-state index < -0.39 is 0 Å². The van der Waals surface area contributed by atoms with E-state index >= 15 is 0 Å². The lowest BCUT2D eigenvalue weighted by Gasteiger charge is -1.98. The molecule has 0 aliphatic carbocycles. The molecule has 0 spiro atoms. The van der Waals surface area contributed by atoms with Crippen LogP contribution < -0.4 is 5.56 Å². The highest BCUT2D eigenvalue weighted by atomic mass is 32.1. The Kier molecular flexibility index (Phi) is 2.62. The van der Waals surface area contributed by atoms with Gasteiger partial charge >= 0.3 is 0 Å². The van der Waals surface area contributed by atoms with Crippen LogP contribution in [-0.2, 0) is 0 Å². The number of hydrogen-bond acceptors (Lipinski definition) is 4. The van der Waals surface area contributed by atoms with E-state index in [1.165, 1.54) is 15.9 Å². The van der Waals surface area contributed by atoms with Gasteiger partial charge < -0.3 is 0 Å². The van der Waals surface area contributed by atoms with Gasteiger partial charge in [0, 0.05) is 5.56 Å². The smallest absolute Gasteiger partial charge is 0.267 e. The molecule has 0 radical (unpaired) electrons. The van der Waals surface area contributed by atoms with Crippen LogP contribution >= 0.6 is 11.3 Å². The summed E-state index contributed by atoms with van der Waals surface area (Å²) in [6.45, 7) is 2.04. The molecule has 0 saturated heterocycles. The number of aromatic nitrogens is 3. The minimum absolute atomic E-state index is 0.119. The molecule has 0 unspecified atom stereocenters. The molecule has 2 aromatic heterocycles. The number of rotatable bonds is 1. The normalized spacial score (nSPS) is 11.3. The van der Waals surface area contributed by atoms with Crippen molar-refractivity contribution in [2.24, 2.45) is 0 Å². The highest BCUT2D eigenvalue weighted by Crippen LogP contribution is 2.27. The minimum atomic E-state index is -0.119. The summed E-state index contributed by atoms with van der Waals surface area (Å²) in [4.78, 5) is 17.6. The highest BCUT2D eigenvalue weighted by molar-refractivity contribution is 7.19. The van der Waals surface area contributed by atoms with E-state index in [2.05, 4.69) is 10.1 Å². The number of para-hydroxylation sites is 1. The Hall–Kier alpha value is -2.53. The lowest BCUT2D eigenvalue weighted by atomic mass is 10.1. The monoisotopic (exact) mass is 293 g/mol. The molecule has 0 amide bonds. The molecule has 102 valence electrons. The summed E-state index contributed by atoms with van der Waals surface area (Å²) in [5, 5.41) is 5.86. The molecule has 4 aromatic rings. The van der Waals surface area contributed by atoms with Gasteiger partial charge in [0.2, 0.25) is 4.96 Å². The molecular weight excluding hydrogens is 282 g/mol. The van der Waals surface area contributed by atoms with E-state index in [4.69, 9.17) is 0 Å². The first-order chi connectivity index (χ1) is 10.2. The molecule has 0 bridgehead atoms. The van der Waals surface area contributed by atoms with E-state index in [1.54, 1.807) is 6.07 Å². The molecule has 0 aliphatic heterocycles. The topological polar surface area (TPSA) is 47.3 Å². The van der Waals surface area contributed by atoms with Crippen LogP contribution in [0.3, 0.4) is 0 Å². The van der Waals surface area contributed by atoms with Crippen molar-refractivity contribution >= 4 is 27.2 Å². The van der Waals surface area contributed by atoms with Crippen LogP contribution in [0.2, 0.25) is 0 Å². The number of aryl methyl sites for hydroxylation is 1. The zero-order valence-corrected chi connectivity index (χ0v) is 12.1. The molecule has 4 rings (SSSR count). The van der Waals surface area contributed by atoms with Crippen LogP contribution in [0.15, 0.2) is 53.3 Å². The predicted molar refractivity (Wildman–Crippen MR) is 84.8 cm³/mol. The van der Waals surface area contributed by atoms with Crippen molar-refractivity contribution in [1.82, 2.24) is 14.6 Å². The molecule has 0 aliphatic rings. The van der Waals surface area contributed by atoms with Crippen LogP contribution in [-0.4, -0.2) is 14.6 Å². The lowest BCUT2D eigenvalue weighted by Crippen LogP contribution is -2.14. The Morgan fingerprint density at radius 1 is 1.05 bits per heavy atom. The number of hydrogen-bond donors (Lipinski definition) is 0. The fourth-order valence-corrected chi connectivity index (χ4v) is 3.37. The molecule has 21 heavy (non-hydrogen) atoms. The predicted octanol–water partition coefficient (Wildman–Crippen LogP) is 3.28. The second kappa shape index (κ2) is 4.49. The summed E-state index contributed by atoms with van der Waals surface area (Å²) < 4.78 is 1.40. The Morgan fingerprint density at radius 3 is 2.67 bits per heavy atom. The summed E-state index contributed by atoms with van der Waals surface area (Å²) in [5.41, 5.74) is 2.76. The molecule has 0 N–H and O–H groups in total. The van der Waals surface area contributed by atoms with Gasteiger partial charge in [-0.15, -0.1) is 0 Å². The Labute approximate surface area is 124 Å². The van der Waals surface area contributed by atoms with Crippen molar-refractivity contribution in [3.8, 4) is 10.6 Å². The molecule has 2 heterocycles. The fraction of sp³-hybridized carbons (Fsp3) is 0.0625. The number of fused-ring (bicyclic) bond motifs is 2. The van der Waals surface area contributed by atoms with Crippen molar-refractivity contribution in [2.75, 3.05) is 0 Å². The third kappa shape index (κ3) is 1.86. The fourth-order valence-electron chi connectivity index (χ4n) is 2.38. The van der Waals surface area contributed by atoms with E-state index in [-0.39, 0.29) is 5.56 Å². The van der Waals surface area contributed by atoms with Crippen LogP contribution in [0.4, 0.5) is 0 Å². The van der Waals surface area contributed by atoms with Gasteiger partial charge in [-0.25, -0.2) is 4.98 Å². The molecule has 0 fully saturated rings. The van der Waals surface area contributed by atoms with Gasteiger partial charge in [-0.3, -0.25) is 4.79 Å². The number of nitrogens with zero attached hydrogens (tertiary/aromatic N) is 3. The summed E-state index contributed by atoms with van der Waals surface area (Å²) in [6, 6.07) is 15.4. The average Bonchev–Trinajstić information content (AvgIpc) is 2.92. The maximum Gasteiger partial charge on any atom is 0.283 e. The standard InChI is InChI=1S/C16H11N3OS/c1-10-6-2-3-7-11(10)14-18-19-15(20)12-8-4-5-9-13(12)17-16(19)21-14/h2-9H,1H3. The highest BCUT2D eigenvalue weighted by Gasteiger charge is 2.12. The second-order valence-electron chi connectivity index (χ2n) is 4.85. The van der Waals surface area contributed by atoms with Crippen LogP contribution in [0.5, 0.6) is 0 Å². The SMILES string of the molecule is Cc1ccccc1-c1nn2c(=O)c3ccccc3nc2s1. The van der Waals surface area contributed by atoms with Crippen molar-refractivity contribution in [2.45, 2.75) is 6.92 Å². The van der Waals surface area contributed by atoms with Crippen molar-refractivity contribution in [3.05, 3.63) is 64.4 Å². The van der Waals surface area contributed by atoms with Crippen molar-refractivity contribution < 1.29 is 0 Å². The molecule has 5 heteroatoms. The number of benzene rings is 2. The van der Waals surface area contributed by atoms with Crippen LogP contribution in [0, 0.1) is 6.92 Å². The van der Waals surface area contributed by atoms with E-state index in [9.17, 15) is 4.79 Å². The largest absolute Gasteiger partial charge is 0.283 e. The Bertz CT molecular complexity index is 1030. The second-order valence-corrected chi connectivity index (χ2v) is 5.81. The van der Waals surface area contributed by atoms with Crippen molar-refractivity contribution in [3.63, 3.8) is 0 Å². The van der Waals surface area contributed by atoms with Gasteiger partial charge in [-0.1, -0.05) is 47.7 Å². The molecule has 4 nitrogen and oxygen atoms in total. The molecule has 2 aromatic carbocycles. The zero-order chi connectivity index (χ0) is 14.4. The maximum atomic E-state index is 12.5. The summed E-state index contributed by atoms with van der Waals surface area (Å²) in [6.07, 6.45) is 0. The molecular formula is C16H11N3OS. The Morgan fingerprint density at radius 2 is 1.81 bits per heavy atom. The van der Waals surface area contributed by atoms with E-state index in [0.29, 0.717) is 15.9 Å². The van der Waals surface area contributed by atoms with E-state index in [1.807, 2.05) is 49.4 Å². The first-order valence-corrected chi connectivity index (χ1v) is 7.40. The summed E-state index contributed by atoms with van der Waals surface area (Å²) >= 11 is 1.43. The zero-order valence-electron chi connectivity index (χ0n) is 11.3. The van der Waals surface area contributed by atoms with Gasteiger partial charge in [-0.05, 0) is 24.6 Å². The van der Waals surface area contributed by atoms with Crippen molar-refractivity contribution in [1.29, 1.82) is 0 Å². The average molecular weight is 293 g/mol. The van der Waals surface area contributed by atoms with Gasteiger partial charge in [0.1, 0.15) is 5.01 Å². The molecule has 0 saturated carbocycles. The summed E-state index contributed by atoms with van der Waals surface area (Å²) in [7, 11) is 0. The third-order valence-corrected chi connectivity index (χ3v) is 4.42. The quantitative estimate of drug-likeness (QED) is 0.541. The van der Waals surface area contributed by atoms with Gasteiger partial charge in [0.15, 0.2) is 0 Å². The first kappa shape index (κ1) is 12.2. The van der Waals surface area contributed by atoms with Crippen LogP contribution in [0.1, 0.15) is 5.56 Å². The minimum Gasteiger partial charge on any atom is -0.267 e. The van der Waals surface area contributed by atoms with Crippen LogP contribution in [0.25, 0.3) is 26.4 Å². The Balaban J connectivity index is 2.07.